The van der Waals surface area contributed by atoms with Crippen molar-refractivity contribution < 1.29 is 0 Å². The third kappa shape index (κ3) is 23.0. The van der Waals surface area contributed by atoms with Crippen LogP contribution in [0.25, 0.3) is 0 Å². The fourth-order valence-electron chi connectivity index (χ4n) is 3.11. The highest BCUT2D eigenvalue weighted by Gasteiger charge is 2.10. The summed E-state index contributed by atoms with van der Waals surface area (Å²) >= 11 is 0. The maximum absolute atomic E-state index is 3.94. The van der Waals surface area contributed by atoms with Crippen molar-refractivity contribution in [2.45, 2.75) is 114 Å². The van der Waals surface area contributed by atoms with Gasteiger partial charge >= 0.3 is 0 Å². The zero-order valence-electron chi connectivity index (χ0n) is 21.3. The van der Waals surface area contributed by atoms with E-state index in [0.29, 0.717) is 5.92 Å². The molecular formula is C28H54. The summed E-state index contributed by atoms with van der Waals surface area (Å²) < 4.78 is 0. The highest BCUT2D eigenvalue weighted by Crippen LogP contribution is 2.23. The summed E-state index contributed by atoms with van der Waals surface area (Å²) in [6.07, 6.45) is 19.8. The van der Waals surface area contributed by atoms with Crippen LogP contribution in [0.4, 0.5) is 0 Å². The molecule has 0 saturated carbocycles. The van der Waals surface area contributed by atoms with Crippen LogP contribution in [0.15, 0.2) is 48.1 Å². The summed E-state index contributed by atoms with van der Waals surface area (Å²) in [4.78, 5) is 0. The van der Waals surface area contributed by atoms with Gasteiger partial charge in [-0.2, -0.15) is 0 Å². The molecule has 0 aliphatic carbocycles. The van der Waals surface area contributed by atoms with Crippen LogP contribution in [0, 0.1) is 17.8 Å². The molecule has 0 amide bonds. The van der Waals surface area contributed by atoms with Gasteiger partial charge in [0.05, 0.1) is 0 Å². The van der Waals surface area contributed by atoms with E-state index >= 15 is 0 Å². The highest BCUT2D eigenvalue weighted by molar-refractivity contribution is 5.07. The number of rotatable bonds is 12. The lowest BCUT2D eigenvalue weighted by Gasteiger charge is -2.17. The van der Waals surface area contributed by atoms with Gasteiger partial charge in [-0.3, -0.25) is 0 Å². The zero-order valence-corrected chi connectivity index (χ0v) is 21.3. The molecule has 0 aromatic carbocycles. The van der Waals surface area contributed by atoms with Crippen LogP contribution in [-0.4, -0.2) is 0 Å². The maximum Gasteiger partial charge on any atom is -0.0199 e. The number of hydrogen-bond acceptors (Lipinski definition) is 0. The second-order valence-corrected chi connectivity index (χ2v) is 8.17. The van der Waals surface area contributed by atoms with Gasteiger partial charge in [0.1, 0.15) is 0 Å². The highest BCUT2D eigenvalue weighted by atomic mass is 14.2. The Bertz CT molecular complexity index is 404. The molecule has 0 bridgehead atoms. The molecule has 0 aromatic rings. The quantitative estimate of drug-likeness (QED) is 0.291. The summed E-state index contributed by atoms with van der Waals surface area (Å²) in [6.45, 7) is 25.7. The molecule has 0 nitrogen and oxygen atoms in total. The molecular weight excluding hydrogens is 336 g/mol. The molecule has 0 rings (SSSR count). The fourth-order valence-corrected chi connectivity index (χ4v) is 3.11. The monoisotopic (exact) mass is 390 g/mol. The number of allylic oxidation sites excluding steroid dienone is 7. The van der Waals surface area contributed by atoms with E-state index in [9.17, 15) is 0 Å². The lowest BCUT2D eigenvalue weighted by molar-refractivity contribution is 0.444. The first-order valence-electron chi connectivity index (χ1n) is 11.8. The Morgan fingerprint density at radius 1 is 0.893 bits per heavy atom. The lowest BCUT2D eigenvalue weighted by Crippen LogP contribution is -2.04. The van der Waals surface area contributed by atoms with E-state index in [1.165, 1.54) is 44.1 Å². The third-order valence-electron chi connectivity index (χ3n) is 5.06. The molecule has 0 aromatic heterocycles. The summed E-state index contributed by atoms with van der Waals surface area (Å²) in [6, 6.07) is 0. The van der Waals surface area contributed by atoms with Gasteiger partial charge in [-0.1, -0.05) is 89.0 Å². The van der Waals surface area contributed by atoms with Crippen LogP contribution < -0.4 is 0 Å². The molecule has 0 heterocycles. The first-order chi connectivity index (χ1) is 13.3. The van der Waals surface area contributed by atoms with Crippen LogP contribution >= 0.6 is 0 Å². The van der Waals surface area contributed by atoms with Gasteiger partial charge in [-0.25, -0.2) is 0 Å². The van der Waals surface area contributed by atoms with Gasteiger partial charge in [0.15, 0.2) is 0 Å². The predicted octanol–water partition coefficient (Wildman–Crippen LogP) is 10.3. The largest absolute Gasteiger partial charge is 0.103 e. The van der Waals surface area contributed by atoms with Crippen molar-refractivity contribution in [3.05, 3.63) is 48.1 Å². The molecule has 0 aliphatic heterocycles. The zero-order chi connectivity index (χ0) is 22.4. The molecule has 0 radical (unpaired) electrons. The van der Waals surface area contributed by atoms with Crippen molar-refractivity contribution in [2.24, 2.45) is 17.8 Å². The molecule has 0 heteroatoms. The summed E-state index contributed by atoms with van der Waals surface area (Å²) in [5.41, 5.74) is 3.01. The van der Waals surface area contributed by atoms with Crippen LogP contribution in [-0.2, 0) is 0 Å². The van der Waals surface area contributed by atoms with Gasteiger partial charge in [0.2, 0.25) is 0 Å². The second kappa shape index (κ2) is 24.0. The van der Waals surface area contributed by atoms with Gasteiger partial charge < -0.3 is 0 Å². The molecule has 0 fully saturated rings. The van der Waals surface area contributed by atoms with E-state index in [1.807, 2.05) is 13.8 Å². The van der Waals surface area contributed by atoms with Crippen molar-refractivity contribution in [2.75, 3.05) is 0 Å². The van der Waals surface area contributed by atoms with E-state index in [2.05, 4.69) is 92.3 Å². The molecule has 3 unspecified atom stereocenters. The Labute approximate surface area is 180 Å². The maximum atomic E-state index is 3.94. The minimum Gasteiger partial charge on any atom is -0.103 e. The van der Waals surface area contributed by atoms with Crippen molar-refractivity contribution in [3.8, 4) is 0 Å². The van der Waals surface area contributed by atoms with Crippen LogP contribution in [0.3, 0.4) is 0 Å². The average molecular weight is 391 g/mol. The molecule has 0 spiro atoms. The average Bonchev–Trinajstić information content (AvgIpc) is 2.67. The molecule has 0 N–H and O–H groups in total. The SMILES string of the molecule is C/C=C\CCC(C)CCC.C=CC(C/C=C\C)CC(C)CC(C)=C(C)C.CC. The fraction of sp³-hybridized carbons (Fsp3) is 0.714. The second-order valence-electron chi connectivity index (χ2n) is 8.17. The summed E-state index contributed by atoms with van der Waals surface area (Å²) in [5.74, 6) is 2.31. The Balaban J connectivity index is -0.000000447. The minimum absolute atomic E-state index is 0.635. The van der Waals surface area contributed by atoms with E-state index in [1.54, 1.807) is 5.57 Å². The van der Waals surface area contributed by atoms with Crippen molar-refractivity contribution >= 4 is 0 Å². The minimum atomic E-state index is 0.635. The van der Waals surface area contributed by atoms with E-state index in [0.717, 1.165) is 18.3 Å². The van der Waals surface area contributed by atoms with Crippen LogP contribution in [0.5, 0.6) is 0 Å². The third-order valence-corrected chi connectivity index (χ3v) is 5.06. The van der Waals surface area contributed by atoms with Crippen molar-refractivity contribution in [1.82, 2.24) is 0 Å². The Hall–Kier alpha value is -1.04. The summed E-state index contributed by atoms with van der Waals surface area (Å²) in [5, 5.41) is 0. The van der Waals surface area contributed by atoms with Crippen LogP contribution in [0.2, 0.25) is 0 Å². The van der Waals surface area contributed by atoms with Crippen LogP contribution in [0.1, 0.15) is 114 Å². The molecule has 166 valence electrons. The Morgan fingerprint density at radius 3 is 1.89 bits per heavy atom. The smallest absolute Gasteiger partial charge is 0.0199 e. The molecule has 28 heavy (non-hydrogen) atoms. The van der Waals surface area contributed by atoms with E-state index < -0.39 is 0 Å². The lowest BCUT2D eigenvalue weighted by atomic mass is 9.88. The molecule has 0 saturated heterocycles. The van der Waals surface area contributed by atoms with Gasteiger partial charge in [-0.15, -0.1) is 6.58 Å². The predicted molar refractivity (Wildman–Crippen MR) is 135 cm³/mol. The molecule has 0 aliphatic rings. The summed E-state index contributed by atoms with van der Waals surface area (Å²) in [7, 11) is 0. The van der Waals surface area contributed by atoms with Gasteiger partial charge in [0, 0.05) is 0 Å². The molecule has 3 atom stereocenters. The van der Waals surface area contributed by atoms with E-state index in [4.69, 9.17) is 0 Å². The standard InChI is InChI=1S/C16H28.C10H20.C2H6/c1-7-9-10-16(8-2)12-14(5)11-15(6)13(3)4;1-4-6-7-9-10(3)8-5-2;1-2/h7-9,14,16H,2,10-12H2,1,3-6H3;4,6,10H,5,7-9H2,1-3H3;1-2H3/b9-7-;6-4-;. The van der Waals surface area contributed by atoms with Crippen molar-refractivity contribution in [3.63, 3.8) is 0 Å². The first kappa shape index (κ1) is 31.6. The van der Waals surface area contributed by atoms with Gasteiger partial charge in [0.25, 0.3) is 0 Å². The first-order valence-corrected chi connectivity index (χ1v) is 11.8. The Kier molecular flexibility index (Phi) is 27.1. The van der Waals surface area contributed by atoms with Crippen molar-refractivity contribution in [1.29, 1.82) is 0 Å². The van der Waals surface area contributed by atoms with Gasteiger partial charge in [-0.05, 0) is 84.5 Å². The van der Waals surface area contributed by atoms with E-state index in [-0.39, 0.29) is 0 Å². The topological polar surface area (TPSA) is 0 Å². The number of hydrogen-bond donors (Lipinski definition) is 0. The Morgan fingerprint density at radius 2 is 1.46 bits per heavy atom. The normalized spacial score (nSPS) is 13.8.